The van der Waals surface area contributed by atoms with Gasteiger partial charge in [-0.2, -0.15) is 0 Å². The van der Waals surface area contributed by atoms with Crippen LogP contribution in [0, 0.1) is 9.86 Å². The quantitative estimate of drug-likeness (QED) is 0.405. The first kappa shape index (κ1) is 18.9. The normalized spacial score (nSPS) is 11.4. The molecule has 110 valence electrons. The summed E-state index contributed by atoms with van der Waals surface area (Å²) in [7, 11) is 0. The topological polar surface area (TPSA) is 3.24 Å². The number of nitrogens with zero attached hydrogens (tertiary/aromatic N) is 1. The second-order valence-electron chi connectivity index (χ2n) is 5.34. The Labute approximate surface area is 125 Å². The molecular formula is C17H33NSn. The number of hydrogen-bond acceptors (Lipinski definition) is 1. The second-order valence-corrected chi connectivity index (χ2v) is 17.6. The molecule has 0 aliphatic rings. The predicted molar refractivity (Wildman–Crippen MR) is 90.9 cm³/mol. The van der Waals surface area contributed by atoms with Gasteiger partial charge in [-0.05, 0) is 0 Å². The van der Waals surface area contributed by atoms with E-state index in [0.717, 1.165) is 13.1 Å². The molecule has 0 aromatic rings. The van der Waals surface area contributed by atoms with Crippen LogP contribution in [0.4, 0.5) is 0 Å². The van der Waals surface area contributed by atoms with Gasteiger partial charge in [-0.3, -0.25) is 0 Å². The third-order valence-electron chi connectivity index (χ3n) is 3.70. The zero-order valence-corrected chi connectivity index (χ0v) is 16.6. The average molecular weight is 370 g/mol. The molecule has 0 radical (unpaired) electrons. The third kappa shape index (κ3) is 7.92. The SMILES string of the molecule is CC[CH2][Sn]([C]#CC=CN(CC)CC)([CH2]CC)[CH2]CC. The van der Waals surface area contributed by atoms with E-state index in [1.54, 1.807) is 0 Å². The van der Waals surface area contributed by atoms with Gasteiger partial charge >= 0.3 is 126 Å². The Morgan fingerprint density at radius 1 is 0.842 bits per heavy atom. The molecule has 0 saturated heterocycles. The first-order valence-electron chi connectivity index (χ1n) is 8.11. The van der Waals surface area contributed by atoms with Gasteiger partial charge in [0.15, 0.2) is 0 Å². The summed E-state index contributed by atoms with van der Waals surface area (Å²) in [5, 5.41) is 0. The van der Waals surface area contributed by atoms with Crippen LogP contribution in [0.15, 0.2) is 12.3 Å². The summed E-state index contributed by atoms with van der Waals surface area (Å²) in [4.78, 5) is 2.30. The van der Waals surface area contributed by atoms with Crippen LogP contribution in [-0.2, 0) is 0 Å². The van der Waals surface area contributed by atoms with Crippen molar-refractivity contribution in [3.05, 3.63) is 12.3 Å². The molecule has 0 amide bonds. The molecule has 0 N–H and O–H groups in total. The van der Waals surface area contributed by atoms with Crippen LogP contribution >= 0.6 is 0 Å². The van der Waals surface area contributed by atoms with Crippen LogP contribution < -0.4 is 0 Å². The summed E-state index contributed by atoms with van der Waals surface area (Å²) in [6.07, 6.45) is 8.21. The molecule has 0 fully saturated rings. The summed E-state index contributed by atoms with van der Waals surface area (Å²) in [5.41, 5.74) is 0. The third-order valence-corrected chi connectivity index (χ3v) is 18.1. The van der Waals surface area contributed by atoms with Crippen molar-refractivity contribution in [2.75, 3.05) is 13.1 Å². The molecule has 0 heterocycles. The first-order valence-corrected chi connectivity index (χ1v) is 15.6. The van der Waals surface area contributed by atoms with E-state index in [2.05, 4.69) is 61.7 Å². The van der Waals surface area contributed by atoms with Gasteiger partial charge in [0.25, 0.3) is 0 Å². The standard InChI is InChI=1S/C8H12N.3C3H7.Sn/c1-4-7-8-9(5-2)6-3;3*1-3-2;/h7-8H,5-6H2,2-3H3;3*1,3H2,2H3;. The summed E-state index contributed by atoms with van der Waals surface area (Å²) in [5.74, 6) is 3.40. The van der Waals surface area contributed by atoms with E-state index in [1.807, 2.05) is 0 Å². The van der Waals surface area contributed by atoms with Crippen LogP contribution in [0.5, 0.6) is 0 Å². The van der Waals surface area contributed by atoms with Crippen molar-refractivity contribution in [3.63, 3.8) is 0 Å². The van der Waals surface area contributed by atoms with Crippen molar-refractivity contribution in [2.45, 2.75) is 67.2 Å². The van der Waals surface area contributed by atoms with Crippen molar-refractivity contribution < 1.29 is 0 Å². The van der Waals surface area contributed by atoms with Crippen molar-refractivity contribution >= 4 is 18.4 Å². The van der Waals surface area contributed by atoms with Gasteiger partial charge in [-0.1, -0.05) is 0 Å². The Balaban J connectivity index is 4.79. The van der Waals surface area contributed by atoms with Crippen LogP contribution in [0.25, 0.3) is 0 Å². The van der Waals surface area contributed by atoms with Gasteiger partial charge in [-0.25, -0.2) is 0 Å². The molecule has 0 atom stereocenters. The molecule has 2 heteroatoms. The Morgan fingerprint density at radius 3 is 1.68 bits per heavy atom. The second kappa shape index (κ2) is 11.7. The molecule has 0 aromatic carbocycles. The van der Waals surface area contributed by atoms with E-state index in [0.29, 0.717) is 0 Å². The van der Waals surface area contributed by atoms with E-state index >= 15 is 0 Å². The fourth-order valence-corrected chi connectivity index (χ4v) is 15.3. The first-order chi connectivity index (χ1) is 9.17. The van der Waals surface area contributed by atoms with E-state index < -0.39 is 18.4 Å². The predicted octanol–water partition coefficient (Wildman–Crippen LogP) is 5.06. The summed E-state index contributed by atoms with van der Waals surface area (Å²) >= 11 is -2.12. The van der Waals surface area contributed by atoms with Crippen molar-refractivity contribution in [1.29, 1.82) is 0 Å². The average Bonchev–Trinajstić information content (AvgIpc) is 2.40. The van der Waals surface area contributed by atoms with E-state index in [1.165, 1.54) is 32.6 Å². The van der Waals surface area contributed by atoms with E-state index in [9.17, 15) is 0 Å². The zero-order valence-electron chi connectivity index (χ0n) is 13.8. The van der Waals surface area contributed by atoms with Crippen molar-refractivity contribution in [3.8, 4) is 9.86 Å². The Bertz CT molecular complexity index is 277. The summed E-state index contributed by atoms with van der Waals surface area (Å²) in [6.45, 7) is 13.5. The molecule has 0 aromatic heterocycles. The molecule has 1 nitrogen and oxygen atoms in total. The maximum atomic E-state index is 3.79. The summed E-state index contributed by atoms with van der Waals surface area (Å²) < 4.78 is 8.13. The van der Waals surface area contributed by atoms with Gasteiger partial charge in [0.1, 0.15) is 0 Å². The molecule has 0 aliphatic carbocycles. The van der Waals surface area contributed by atoms with Gasteiger partial charge in [0, 0.05) is 0 Å². The molecule has 0 rings (SSSR count). The minimum absolute atomic E-state index is 1.07. The van der Waals surface area contributed by atoms with E-state index in [-0.39, 0.29) is 0 Å². The van der Waals surface area contributed by atoms with Gasteiger partial charge in [0.05, 0.1) is 0 Å². The van der Waals surface area contributed by atoms with E-state index in [4.69, 9.17) is 0 Å². The minimum atomic E-state index is -2.12. The van der Waals surface area contributed by atoms with Crippen molar-refractivity contribution in [2.24, 2.45) is 0 Å². The van der Waals surface area contributed by atoms with Crippen LogP contribution in [-0.4, -0.2) is 36.4 Å². The number of rotatable bonds is 9. The molecule has 0 bridgehead atoms. The van der Waals surface area contributed by atoms with Gasteiger partial charge < -0.3 is 0 Å². The maximum absolute atomic E-state index is 3.79. The molecule has 0 unspecified atom stereocenters. The molecular weight excluding hydrogens is 337 g/mol. The van der Waals surface area contributed by atoms with Crippen molar-refractivity contribution in [1.82, 2.24) is 4.90 Å². The van der Waals surface area contributed by atoms with Gasteiger partial charge in [0.2, 0.25) is 0 Å². The Kier molecular flexibility index (Phi) is 11.6. The molecule has 0 aliphatic heterocycles. The van der Waals surface area contributed by atoms with Gasteiger partial charge in [-0.15, -0.1) is 0 Å². The van der Waals surface area contributed by atoms with Crippen LogP contribution in [0.1, 0.15) is 53.9 Å². The Hall–Kier alpha value is -0.101. The molecule has 0 spiro atoms. The van der Waals surface area contributed by atoms with Crippen LogP contribution in [0.3, 0.4) is 0 Å². The number of allylic oxidation sites excluding steroid dienone is 1. The summed E-state index contributed by atoms with van der Waals surface area (Å²) in [6, 6.07) is 0. The fraction of sp³-hybridized carbons (Fsp3) is 0.765. The van der Waals surface area contributed by atoms with Crippen LogP contribution in [0.2, 0.25) is 13.3 Å². The zero-order chi connectivity index (χ0) is 14.6. The Morgan fingerprint density at radius 2 is 1.32 bits per heavy atom. The fourth-order valence-electron chi connectivity index (χ4n) is 2.77. The molecule has 19 heavy (non-hydrogen) atoms. The monoisotopic (exact) mass is 371 g/mol. The number of hydrogen-bond donors (Lipinski definition) is 0. The molecule has 0 saturated carbocycles.